The zero-order chi connectivity index (χ0) is 20.9. The number of amides is 3. The number of esters is 1. The summed E-state index contributed by atoms with van der Waals surface area (Å²) in [6.07, 6.45) is 0. The fourth-order valence-corrected chi connectivity index (χ4v) is 6.23. The summed E-state index contributed by atoms with van der Waals surface area (Å²) in [6.45, 7) is 6.11. The molecule has 0 aliphatic carbocycles. The van der Waals surface area contributed by atoms with Gasteiger partial charge in [-0.25, -0.2) is 4.79 Å². The van der Waals surface area contributed by atoms with E-state index < -0.39 is 17.9 Å². The zero-order valence-corrected chi connectivity index (χ0v) is 21.4. The van der Waals surface area contributed by atoms with Crippen molar-refractivity contribution in [1.29, 1.82) is 0 Å². The molecule has 27 heavy (non-hydrogen) atoms. The molecule has 0 bridgehead atoms. The van der Waals surface area contributed by atoms with Gasteiger partial charge in [-0.05, 0) is 81.6 Å². The standard InChI is InChI=1S/C16H18I3N3O5/c1-5-27-16(26)6(2)20-15(25)9-10(17)13(21-7(3)23)12(19)14(11(9)18)22-8(4)24/h6H,5H2,1-4H3,(H,20,25)(H,21,23)(H,22,24)/t6-/m0/s1. The Morgan fingerprint density at radius 2 is 1.37 bits per heavy atom. The van der Waals surface area contributed by atoms with Gasteiger partial charge in [-0.3, -0.25) is 14.4 Å². The molecule has 0 heterocycles. The lowest BCUT2D eigenvalue weighted by molar-refractivity contribution is -0.144. The van der Waals surface area contributed by atoms with Gasteiger partial charge in [0.1, 0.15) is 6.04 Å². The average molecular weight is 713 g/mol. The Morgan fingerprint density at radius 3 is 1.74 bits per heavy atom. The zero-order valence-electron chi connectivity index (χ0n) is 15.0. The number of ether oxygens (including phenoxy) is 1. The van der Waals surface area contributed by atoms with Crippen molar-refractivity contribution in [3.8, 4) is 0 Å². The third kappa shape index (κ3) is 6.40. The van der Waals surface area contributed by atoms with Gasteiger partial charge in [0.15, 0.2) is 0 Å². The molecule has 0 spiro atoms. The van der Waals surface area contributed by atoms with Gasteiger partial charge in [0.25, 0.3) is 5.91 Å². The monoisotopic (exact) mass is 713 g/mol. The smallest absolute Gasteiger partial charge is 0.328 e. The highest BCUT2D eigenvalue weighted by Crippen LogP contribution is 2.38. The molecule has 0 aliphatic heterocycles. The normalized spacial score (nSPS) is 11.4. The van der Waals surface area contributed by atoms with Crippen LogP contribution in [-0.4, -0.2) is 36.3 Å². The molecule has 0 aromatic heterocycles. The molecule has 1 aromatic carbocycles. The van der Waals surface area contributed by atoms with Gasteiger partial charge in [0, 0.05) is 13.8 Å². The third-order valence-corrected chi connectivity index (χ3v) is 6.37. The predicted octanol–water partition coefficient (Wildman–Crippen LogP) is 3.10. The molecule has 1 atom stereocenters. The Balaban J connectivity index is 3.47. The molecule has 0 aliphatic rings. The van der Waals surface area contributed by atoms with Gasteiger partial charge >= 0.3 is 5.97 Å². The average Bonchev–Trinajstić information content (AvgIpc) is 2.55. The van der Waals surface area contributed by atoms with E-state index >= 15 is 0 Å². The van der Waals surface area contributed by atoms with E-state index in [4.69, 9.17) is 4.74 Å². The maximum atomic E-state index is 12.8. The van der Waals surface area contributed by atoms with Crippen molar-refractivity contribution in [2.75, 3.05) is 17.2 Å². The van der Waals surface area contributed by atoms with Crippen molar-refractivity contribution >= 4 is 103 Å². The van der Waals surface area contributed by atoms with Gasteiger partial charge < -0.3 is 20.7 Å². The predicted molar refractivity (Wildman–Crippen MR) is 127 cm³/mol. The maximum absolute atomic E-state index is 12.8. The number of halogens is 3. The first-order chi connectivity index (χ1) is 12.5. The fourth-order valence-electron chi connectivity index (χ4n) is 2.03. The van der Waals surface area contributed by atoms with Crippen LogP contribution in [0.3, 0.4) is 0 Å². The molecule has 0 radical (unpaired) electrons. The second-order valence-corrected chi connectivity index (χ2v) is 8.61. The highest BCUT2D eigenvalue weighted by Gasteiger charge is 2.27. The van der Waals surface area contributed by atoms with Crippen molar-refractivity contribution in [2.24, 2.45) is 0 Å². The molecular weight excluding hydrogens is 695 g/mol. The molecule has 8 nitrogen and oxygen atoms in total. The van der Waals surface area contributed by atoms with E-state index in [9.17, 15) is 19.2 Å². The first kappa shape index (κ1) is 24.3. The van der Waals surface area contributed by atoms with Crippen molar-refractivity contribution < 1.29 is 23.9 Å². The van der Waals surface area contributed by atoms with Crippen LogP contribution >= 0.6 is 67.8 Å². The summed E-state index contributed by atoms with van der Waals surface area (Å²) in [4.78, 5) is 47.8. The van der Waals surface area contributed by atoms with Gasteiger partial charge in [0.2, 0.25) is 11.8 Å². The minimum Gasteiger partial charge on any atom is -0.464 e. The van der Waals surface area contributed by atoms with Crippen molar-refractivity contribution in [1.82, 2.24) is 5.32 Å². The first-order valence-corrected chi connectivity index (χ1v) is 11.0. The third-order valence-electron chi connectivity index (χ3n) is 3.13. The van der Waals surface area contributed by atoms with Crippen molar-refractivity contribution in [3.05, 3.63) is 16.3 Å². The molecule has 0 saturated carbocycles. The summed E-state index contributed by atoms with van der Waals surface area (Å²) in [5.41, 5.74) is 1.09. The van der Waals surface area contributed by atoms with E-state index in [0.717, 1.165) is 0 Å². The Morgan fingerprint density at radius 1 is 0.926 bits per heavy atom. The van der Waals surface area contributed by atoms with Crippen LogP contribution in [0.25, 0.3) is 0 Å². The maximum Gasteiger partial charge on any atom is 0.328 e. The fraction of sp³-hybridized carbons (Fsp3) is 0.375. The van der Waals surface area contributed by atoms with E-state index in [1.165, 1.54) is 20.8 Å². The SMILES string of the molecule is CCOC(=O)[C@H](C)NC(=O)c1c(I)c(NC(C)=O)c(I)c(NC(C)=O)c1I. The van der Waals surface area contributed by atoms with E-state index in [2.05, 4.69) is 16.0 Å². The highest BCUT2D eigenvalue weighted by atomic mass is 127. The molecule has 11 heteroatoms. The Kier molecular flexibility index (Phi) is 9.67. The summed E-state index contributed by atoms with van der Waals surface area (Å²) in [5, 5.41) is 7.98. The number of carbonyl (C=O) groups excluding carboxylic acids is 4. The quantitative estimate of drug-likeness (QED) is 0.310. The van der Waals surface area contributed by atoms with Gasteiger partial charge in [0.05, 0.1) is 34.3 Å². The van der Waals surface area contributed by atoms with Gasteiger partial charge in [-0.2, -0.15) is 0 Å². The topological polar surface area (TPSA) is 114 Å². The molecule has 3 N–H and O–H groups in total. The van der Waals surface area contributed by atoms with Crippen molar-refractivity contribution in [3.63, 3.8) is 0 Å². The molecule has 0 saturated heterocycles. The summed E-state index contributed by atoms with van der Waals surface area (Å²) < 4.78 is 6.50. The summed E-state index contributed by atoms with van der Waals surface area (Å²) in [6, 6.07) is -0.850. The Hall–Kier alpha value is -0.710. The van der Waals surface area contributed by atoms with Crippen molar-refractivity contribution in [2.45, 2.75) is 33.7 Å². The minimum atomic E-state index is -0.850. The summed E-state index contributed by atoms with van der Waals surface area (Å²) in [7, 11) is 0. The second kappa shape index (κ2) is 10.7. The molecule has 0 unspecified atom stereocenters. The van der Waals surface area contributed by atoms with Crippen LogP contribution in [-0.2, 0) is 19.1 Å². The number of rotatable bonds is 6. The van der Waals surface area contributed by atoms with E-state index in [1.807, 2.05) is 67.8 Å². The molecule has 1 rings (SSSR count). The number of carbonyl (C=O) groups is 4. The van der Waals surface area contributed by atoms with Crippen LogP contribution in [0.5, 0.6) is 0 Å². The lowest BCUT2D eigenvalue weighted by Crippen LogP contribution is -2.40. The lowest BCUT2D eigenvalue weighted by Gasteiger charge is -2.20. The largest absolute Gasteiger partial charge is 0.464 e. The summed E-state index contributed by atoms with van der Waals surface area (Å²) >= 11 is 5.92. The van der Waals surface area contributed by atoms with Crippen LogP contribution in [0.4, 0.5) is 11.4 Å². The van der Waals surface area contributed by atoms with E-state index in [0.29, 0.717) is 22.1 Å². The molecule has 1 aromatic rings. The number of hydrogen-bond donors (Lipinski definition) is 3. The Labute approximate surface area is 197 Å². The number of hydrogen-bond acceptors (Lipinski definition) is 5. The van der Waals surface area contributed by atoms with Gasteiger partial charge in [-0.15, -0.1) is 0 Å². The molecule has 0 fully saturated rings. The van der Waals surface area contributed by atoms with Crippen LogP contribution in [0.2, 0.25) is 0 Å². The highest BCUT2D eigenvalue weighted by molar-refractivity contribution is 14.1. The van der Waals surface area contributed by atoms with Gasteiger partial charge in [-0.1, -0.05) is 0 Å². The van der Waals surface area contributed by atoms with Crippen LogP contribution in [0, 0.1) is 10.7 Å². The second-order valence-electron chi connectivity index (χ2n) is 5.38. The number of anilines is 2. The first-order valence-electron chi connectivity index (χ1n) is 7.74. The molecule has 148 valence electrons. The van der Waals surface area contributed by atoms with Crippen LogP contribution in [0.15, 0.2) is 0 Å². The Bertz CT molecular complexity index is 755. The molecule has 3 amide bonds. The van der Waals surface area contributed by atoms with Crippen LogP contribution in [0.1, 0.15) is 38.1 Å². The minimum absolute atomic E-state index is 0.205. The van der Waals surface area contributed by atoms with E-state index in [1.54, 1.807) is 6.92 Å². The lowest BCUT2D eigenvalue weighted by atomic mass is 10.1. The molecular formula is C16H18I3N3O5. The number of benzene rings is 1. The van der Waals surface area contributed by atoms with E-state index in [-0.39, 0.29) is 24.0 Å². The number of nitrogens with one attached hydrogen (secondary N) is 3. The summed E-state index contributed by atoms with van der Waals surface area (Å²) in [5.74, 6) is -1.69. The van der Waals surface area contributed by atoms with Crippen LogP contribution < -0.4 is 16.0 Å².